The maximum Gasteiger partial charge on any atom is 0.189 e. The highest BCUT2D eigenvalue weighted by Crippen LogP contribution is 2.10. The summed E-state index contributed by atoms with van der Waals surface area (Å²) >= 11 is -1.38. The van der Waals surface area contributed by atoms with Crippen LogP contribution in [0, 0.1) is 6.92 Å². The lowest BCUT2D eigenvalue weighted by molar-refractivity contribution is 0.393. The molecule has 1 unspecified atom stereocenters. The van der Waals surface area contributed by atoms with E-state index in [2.05, 4.69) is 26.8 Å². The lowest BCUT2D eigenvalue weighted by Gasteiger charge is -2.03. The van der Waals surface area contributed by atoms with Crippen molar-refractivity contribution < 1.29 is 8.39 Å². The highest BCUT2D eigenvalue weighted by Gasteiger charge is 2.02. The molecule has 2 nitrogen and oxygen atoms in total. The SMILES string of the molecule is CC(C)=CCC/C(C)=C\COS(=O)c1ccc(C)cc1. The molecule has 0 aliphatic heterocycles. The van der Waals surface area contributed by atoms with Gasteiger partial charge < -0.3 is 0 Å². The van der Waals surface area contributed by atoms with Crippen LogP contribution in [0.2, 0.25) is 0 Å². The highest BCUT2D eigenvalue weighted by atomic mass is 32.2. The van der Waals surface area contributed by atoms with Gasteiger partial charge in [0.1, 0.15) is 0 Å². The summed E-state index contributed by atoms with van der Waals surface area (Å²) in [6.07, 6.45) is 6.30. The zero-order chi connectivity index (χ0) is 15.0. The Kier molecular flexibility index (Phi) is 7.48. The van der Waals surface area contributed by atoms with Crippen LogP contribution in [0.3, 0.4) is 0 Å². The van der Waals surface area contributed by atoms with Crippen molar-refractivity contribution in [1.82, 2.24) is 0 Å². The molecule has 0 saturated carbocycles. The number of hydrogen-bond donors (Lipinski definition) is 0. The van der Waals surface area contributed by atoms with E-state index in [1.807, 2.05) is 37.3 Å². The van der Waals surface area contributed by atoms with Gasteiger partial charge in [0.25, 0.3) is 0 Å². The van der Waals surface area contributed by atoms with Crippen LogP contribution < -0.4 is 0 Å². The molecule has 20 heavy (non-hydrogen) atoms. The summed E-state index contributed by atoms with van der Waals surface area (Å²) in [5, 5.41) is 0. The summed E-state index contributed by atoms with van der Waals surface area (Å²) in [4.78, 5) is 0.714. The third kappa shape index (κ3) is 6.83. The van der Waals surface area contributed by atoms with Crippen LogP contribution in [0.25, 0.3) is 0 Å². The maximum atomic E-state index is 11.9. The lowest BCUT2D eigenvalue weighted by Crippen LogP contribution is -1.98. The minimum absolute atomic E-state index is 0.390. The molecule has 0 N–H and O–H groups in total. The predicted molar refractivity (Wildman–Crippen MR) is 86.0 cm³/mol. The van der Waals surface area contributed by atoms with Gasteiger partial charge in [-0.05, 0) is 52.7 Å². The standard InChI is InChI=1S/C17H24O2S/c1-14(2)6-5-7-15(3)12-13-19-20(18)17-10-8-16(4)9-11-17/h6,8-12H,5,7,13H2,1-4H3/b15-12-. The third-order valence-electron chi connectivity index (χ3n) is 2.91. The summed E-state index contributed by atoms with van der Waals surface area (Å²) in [6, 6.07) is 7.57. The van der Waals surface area contributed by atoms with Crippen molar-refractivity contribution in [3.63, 3.8) is 0 Å². The number of aryl methyl sites for hydroxylation is 1. The van der Waals surface area contributed by atoms with Crippen molar-refractivity contribution in [1.29, 1.82) is 0 Å². The fourth-order valence-electron chi connectivity index (χ4n) is 1.65. The summed E-state index contributed by atoms with van der Waals surface area (Å²) < 4.78 is 17.2. The van der Waals surface area contributed by atoms with Crippen molar-refractivity contribution >= 4 is 11.1 Å². The van der Waals surface area contributed by atoms with Crippen molar-refractivity contribution in [2.24, 2.45) is 0 Å². The van der Waals surface area contributed by atoms with E-state index in [-0.39, 0.29) is 0 Å². The van der Waals surface area contributed by atoms with Crippen LogP contribution in [-0.2, 0) is 15.3 Å². The van der Waals surface area contributed by atoms with Crippen LogP contribution in [0.1, 0.15) is 39.2 Å². The minimum atomic E-state index is -1.38. The smallest absolute Gasteiger partial charge is 0.189 e. The van der Waals surface area contributed by atoms with Gasteiger partial charge in [-0.15, -0.1) is 0 Å². The number of hydrogen-bond acceptors (Lipinski definition) is 2. The fourth-order valence-corrected chi connectivity index (χ4v) is 2.33. The van der Waals surface area contributed by atoms with Crippen LogP contribution in [0.4, 0.5) is 0 Å². The van der Waals surface area contributed by atoms with Gasteiger partial charge in [0.15, 0.2) is 11.1 Å². The van der Waals surface area contributed by atoms with E-state index in [9.17, 15) is 4.21 Å². The average Bonchev–Trinajstić information content (AvgIpc) is 2.39. The quantitative estimate of drug-likeness (QED) is 0.679. The van der Waals surface area contributed by atoms with Crippen LogP contribution >= 0.6 is 0 Å². The largest absolute Gasteiger partial charge is 0.283 e. The van der Waals surface area contributed by atoms with Crippen molar-refractivity contribution in [2.75, 3.05) is 6.61 Å². The van der Waals surface area contributed by atoms with E-state index in [0.29, 0.717) is 11.5 Å². The molecule has 1 atom stereocenters. The van der Waals surface area contributed by atoms with Gasteiger partial charge in [-0.2, -0.15) is 0 Å². The van der Waals surface area contributed by atoms with Crippen LogP contribution in [-0.4, -0.2) is 10.8 Å². The Morgan fingerprint density at radius 2 is 1.80 bits per heavy atom. The summed E-state index contributed by atoms with van der Waals surface area (Å²) in [5.41, 5.74) is 3.76. The molecule has 1 aromatic rings. The lowest BCUT2D eigenvalue weighted by atomic mass is 10.1. The van der Waals surface area contributed by atoms with Crippen molar-refractivity contribution in [3.8, 4) is 0 Å². The molecule has 0 bridgehead atoms. The van der Waals surface area contributed by atoms with Crippen molar-refractivity contribution in [2.45, 2.75) is 45.4 Å². The maximum absolute atomic E-state index is 11.9. The van der Waals surface area contributed by atoms with Gasteiger partial charge in [0, 0.05) is 0 Å². The zero-order valence-corrected chi connectivity index (χ0v) is 13.6. The molecule has 0 aliphatic rings. The second-order valence-electron chi connectivity index (χ2n) is 5.20. The summed E-state index contributed by atoms with van der Waals surface area (Å²) in [5.74, 6) is 0. The first-order valence-electron chi connectivity index (χ1n) is 6.89. The van der Waals surface area contributed by atoms with Gasteiger partial charge in [-0.25, -0.2) is 4.21 Å². The van der Waals surface area contributed by atoms with E-state index in [1.165, 1.54) is 11.1 Å². The second-order valence-corrected chi connectivity index (χ2v) is 6.38. The molecule has 0 saturated heterocycles. The summed E-state index contributed by atoms with van der Waals surface area (Å²) in [6.45, 7) is 8.68. The van der Waals surface area contributed by atoms with E-state index >= 15 is 0 Å². The topological polar surface area (TPSA) is 26.3 Å². The number of rotatable bonds is 7. The van der Waals surface area contributed by atoms with Gasteiger partial charge in [-0.1, -0.05) is 41.0 Å². The first-order valence-corrected chi connectivity index (χ1v) is 7.97. The molecule has 0 amide bonds. The average molecular weight is 292 g/mol. The Balaban J connectivity index is 2.37. The van der Waals surface area contributed by atoms with Gasteiger partial charge in [0.2, 0.25) is 0 Å². The van der Waals surface area contributed by atoms with Crippen LogP contribution in [0.15, 0.2) is 52.5 Å². The van der Waals surface area contributed by atoms with E-state index in [1.54, 1.807) is 0 Å². The molecule has 0 heterocycles. The normalized spacial score (nSPS) is 13.1. The molecule has 0 aromatic heterocycles. The Labute approximate surface area is 125 Å². The Bertz CT molecular complexity index is 494. The molecule has 110 valence electrons. The Hall–Kier alpha value is -1.19. The second kappa shape index (κ2) is 8.88. The number of allylic oxidation sites excluding steroid dienone is 3. The van der Waals surface area contributed by atoms with E-state index in [0.717, 1.165) is 18.4 Å². The predicted octanol–water partition coefficient (Wildman–Crippen LogP) is 4.73. The molecule has 0 spiro atoms. The number of benzene rings is 1. The Morgan fingerprint density at radius 3 is 2.40 bits per heavy atom. The highest BCUT2D eigenvalue weighted by molar-refractivity contribution is 7.80. The zero-order valence-electron chi connectivity index (χ0n) is 12.8. The monoisotopic (exact) mass is 292 g/mol. The van der Waals surface area contributed by atoms with Gasteiger partial charge in [-0.3, -0.25) is 4.18 Å². The molecule has 1 aromatic carbocycles. The molecule has 0 fully saturated rings. The fraction of sp³-hybridized carbons (Fsp3) is 0.412. The van der Waals surface area contributed by atoms with Gasteiger partial charge in [0.05, 0.1) is 11.5 Å². The first kappa shape index (κ1) is 16.9. The first-order chi connectivity index (χ1) is 9.49. The minimum Gasteiger partial charge on any atom is -0.283 e. The molecular weight excluding hydrogens is 268 g/mol. The molecule has 0 radical (unpaired) electrons. The molecule has 1 rings (SSSR count). The van der Waals surface area contributed by atoms with Crippen LogP contribution in [0.5, 0.6) is 0 Å². The van der Waals surface area contributed by atoms with Crippen molar-refractivity contribution in [3.05, 3.63) is 53.1 Å². The summed E-state index contributed by atoms with van der Waals surface area (Å²) in [7, 11) is 0. The molecular formula is C17H24O2S. The third-order valence-corrected chi connectivity index (χ3v) is 3.92. The van der Waals surface area contributed by atoms with E-state index in [4.69, 9.17) is 4.18 Å². The Morgan fingerprint density at radius 1 is 1.15 bits per heavy atom. The van der Waals surface area contributed by atoms with Gasteiger partial charge >= 0.3 is 0 Å². The molecule has 0 aliphatic carbocycles. The van der Waals surface area contributed by atoms with E-state index < -0.39 is 11.1 Å². The molecule has 3 heteroatoms.